The third-order valence-electron chi connectivity index (χ3n) is 3.42. The third-order valence-corrected chi connectivity index (χ3v) is 3.42. The Bertz CT molecular complexity index is 426. The van der Waals surface area contributed by atoms with Gasteiger partial charge in [-0.3, -0.25) is 4.79 Å². The number of methoxy groups -OCH3 is 1. The maximum atomic E-state index is 12.1. The number of benzene rings is 1. The van der Waals surface area contributed by atoms with Gasteiger partial charge in [0.05, 0.1) is 6.61 Å². The first-order chi connectivity index (χ1) is 10.1. The molecule has 1 N–H and O–H groups in total. The van der Waals surface area contributed by atoms with Crippen molar-refractivity contribution in [2.24, 2.45) is 0 Å². The van der Waals surface area contributed by atoms with E-state index in [0.717, 1.165) is 5.75 Å². The van der Waals surface area contributed by atoms with E-state index in [-0.39, 0.29) is 5.91 Å². The van der Waals surface area contributed by atoms with Gasteiger partial charge in [0, 0.05) is 19.4 Å². The Balaban J connectivity index is 2.52. The van der Waals surface area contributed by atoms with Crippen LogP contribution in [0.3, 0.4) is 0 Å². The lowest BCUT2D eigenvalue weighted by molar-refractivity contribution is -0.136. The molecule has 5 heteroatoms. The number of carbonyl (C=O) groups excluding carboxylic acids is 1. The fourth-order valence-electron chi connectivity index (χ4n) is 1.66. The van der Waals surface area contributed by atoms with Gasteiger partial charge in [-0.25, -0.2) is 0 Å². The largest absolute Gasteiger partial charge is 0.491 e. The molecule has 0 aromatic heterocycles. The summed E-state index contributed by atoms with van der Waals surface area (Å²) in [7, 11) is 1.54. The number of nitrogens with one attached hydrogen (secondary N) is 1. The van der Waals surface area contributed by atoms with Gasteiger partial charge in [0.25, 0.3) is 5.91 Å². The molecule has 0 fully saturated rings. The van der Waals surface area contributed by atoms with E-state index in [1.54, 1.807) is 26.2 Å². The Hall–Kier alpha value is -1.59. The molecule has 5 nitrogen and oxygen atoms in total. The Labute approximate surface area is 126 Å². The first-order valence-corrected chi connectivity index (χ1v) is 7.23. The molecule has 0 bridgehead atoms. The lowest BCUT2D eigenvalue weighted by Crippen LogP contribution is -2.41. The van der Waals surface area contributed by atoms with E-state index in [4.69, 9.17) is 14.2 Å². The van der Waals surface area contributed by atoms with Crippen LogP contribution in [-0.2, 0) is 14.3 Å². The number of rotatable bonds is 9. The molecule has 0 aliphatic heterocycles. The summed E-state index contributed by atoms with van der Waals surface area (Å²) in [4.78, 5) is 12.1. The molecule has 1 aromatic carbocycles. The van der Waals surface area contributed by atoms with Gasteiger partial charge in [0.1, 0.15) is 18.0 Å². The van der Waals surface area contributed by atoms with Gasteiger partial charge in [-0.15, -0.1) is 0 Å². The van der Waals surface area contributed by atoms with Crippen LogP contribution in [0, 0.1) is 0 Å². The second-order valence-electron chi connectivity index (χ2n) is 4.81. The predicted molar refractivity (Wildman–Crippen MR) is 82.8 cm³/mol. The Morgan fingerprint density at radius 1 is 1.19 bits per heavy atom. The number of hydrogen-bond acceptors (Lipinski definition) is 4. The number of hydrogen-bond donors (Lipinski definition) is 1. The molecule has 1 amide bonds. The maximum absolute atomic E-state index is 12.1. The van der Waals surface area contributed by atoms with Gasteiger partial charge >= 0.3 is 0 Å². The summed E-state index contributed by atoms with van der Waals surface area (Å²) >= 11 is 0. The minimum absolute atomic E-state index is 0.155. The average molecular weight is 295 g/mol. The average Bonchev–Trinajstić information content (AvgIpc) is 2.52. The number of carbonyl (C=O) groups is 1. The highest BCUT2D eigenvalue weighted by molar-refractivity contribution is 5.97. The SMILES string of the molecule is CCOCCOc1ccc(NC(=O)[C@@](C)(CC)OC)cc1. The smallest absolute Gasteiger partial charge is 0.256 e. The third kappa shape index (κ3) is 5.36. The quantitative estimate of drug-likeness (QED) is 0.712. The molecule has 0 saturated carbocycles. The van der Waals surface area contributed by atoms with Crippen molar-refractivity contribution in [1.82, 2.24) is 0 Å². The second-order valence-corrected chi connectivity index (χ2v) is 4.81. The zero-order valence-electron chi connectivity index (χ0n) is 13.3. The lowest BCUT2D eigenvalue weighted by Gasteiger charge is -2.25. The Morgan fingerprint density at radius 3 is 2.38 bits per heavy atom. The lowest BCUT2D eigenvalue weighted by atomic mass is 10.0. The summed E-state index contributed by atoms with van der Waals surface area (Å²) in [5.74, 6) is 0.593. The van der Waals surface area contributed by atoms with Crippen molar-refractivity contribution in [2.45, 2.75) is 32.8 Å². The van der Waals surface area contributed by atoms with E-state index in [2.05, 4.69) is 5.32 Å². The molecule has 21 heavy (non-hydrogen) atoms. The molecule has 118 valence electrons. The molecule has 0 aliphatic carbocycles. The van der Waals surface area contributed by atoms with Crippen LogP contribution in [0.15, 0.2) is 24.3 Å². The van der Waals surface area contributed by atoms with Gasteiger partial charge in [0.15, 0.2) is 0 Å². The molecule has 1 rings (SSSR count). The summed E-state index contributed by atoms with van der Waals surface area (Å²) in [6, 6.07) is 7.24. The van der Waals surface area contributed by atoms with Crippen molar-refractivity contribution in [3.63, 3.8) is 0 Å². The molecule has 0 saturated heterocycles. The summed E-state index contributed by atoms with van der Waals surface area (Å²) in [6.45, 7) is 7.40. The highest BCUT2D eigenvalue weighted by Crippen LogP contribution is 2.20. The van der Waals surface area contributed by atoms with Crippen LogP contribution in [0.1, 0.15) is 27.2 Å². The molecule has 0 unspecified atom stereocenters. The molecule has 0 heterocycles. The zero-order chi connectivity index (χ0) is 15.7. The van der Waals surface area contributed by atoms with Gasteiger partial charge in [-0.05, 0) is 44.5 Å². The normalized spacial score (nSPS) is 13.5. The van der Waals surface area contributed by atoms with E-state index < -0.39 is 5.60 Å². The van der Waals surface area contributed by atoms with Crippen LogP contribution in [-0.4, -0.2) is 38.4 Å². The molecule has 0 radical (unpaired) electrons. The van der Waals surface area contributed by atoms with Crippen molar-refractivity contribution < 1.29 is 19.0 Å². The summed E-state index contributed by atoms with van der Waals surface area (Å²) in [6.07, 6.45) is 0.605. The molecule has 1 atom stereocenters. The van der Waals surface area contributed by atoms with E-state index in [1.165, 1.54) is 0 Å². The molecule has 0 spiro atoms. The van der Waals surface area contributed by atoms with Crippen LogP contribution >= 0.6 is 0 Å². The van der Waals surface area contributed by atoms with Crippen LogP contribution in [0.2, 0.25) is 0 Å². The van der Waals surface area contributed by atoms with Crippen LogP contribution in [0.4, 0.5) is 5.69 Å². The summed E-state index contributed by atoms with van der Waals surface area (Å²) < 4.78 is 16.0. The fraction of sp³-hybridized carbons (Fsp3) is 0.562. The number of anilines is 1. The minimum atomic E-state index is -0.813. The highest BCUT2D eigenvalue weighted by Gasteiger charge is 2.30. The predicted octanol–water partition coefficient (Wildman–Crippen LogP) is 2.86. The monoisotopic (exact) mass is 295 g/mol. The van der Waals surface area contributed by atoms with Crippen molar-refractivity contribution in [3.05, 3.63) is 24.3 Å². The zero-order valence-corrected chi connectivity index (χ0v) is 13.3. The van der Waals surface area contributed by atoms with E-state index in [9.17, 15) is 4.79 Å². The van der Waals surface area contributed by atoms with Gasteiger partial charge in [0.2, 0.25) is 0 Å². The number of amides is 1. The summed E-state index contributed by atoms with van der Waals surface area (Å²) in [5.41, 5.74) is -0.0963. The Morgan fingerprint density at radius 2 is 1.86 bits per heavy atom. The highest BCUT2D eigenvalue weighted by atomic mass is 16.5. The van der Waals surface area contributed by atoms with Gasteiger partial charge < -0.3 is 19.5 Å². The van der Waals surface area contributed by atoms with Crippen molar-refractivity contribution in [2.75, 3.05) is 32.2 Å². The minimum Gasteiger partial charge on any atom is -0.491 e. The van der Waals surface area contributed by atoms with Crippen molar-refractivity contribution in [1.29, 1.82) is 0 Å². The molecule has 0 aliphatic rings. The van der Waals surface area contributed by atoms with E-state index in [0.29, 0.717) is 31.9 Å². The topological polar surface area (TPSA) is 56.8 Å². The van der Waals surface area contributed by atoms with Crippen LogP contribution in [0.5, 0.6) is 5.75 Å². The van der Waals surface area contributed by atoms with Crippen LogP contribution in [0.25, 0.3) is 0 Å². The number of ether oxygens (including phenoxy) is 3. The van der Waals surface area contributed by atoms with Crippen molar-refractivity contribution in [3.8, 4) is 5.75 Å². The van der Waals surface area contributed by atoms with Gasteiger partial charge in [-0.1, -0.05) is 6.92 Å². The first kappa shape index (κ1) is 17.5. The fourth-order valence-corrected chi connectivity index (χ4v) is 1.66. The molecular weight excluding hydrogens is 270 g/mol. The van der Waals surface area contributed by atoms with E-state index >= 15 is 0 Å². The first-order valence-electron chi connectivity index (χ1n) is 7.23. The van der Waals surface area contributed by atoms with Crippen molar-refractivity contribution >= 4 is 11.6 Å². The second kappa shape index (κ2) is 8.64. The molecule has 1 aromatic rings. The van der Waals surface area contributed by atoms with Gasteiger partial charge in [-0.2, -0.15) is 0 Å². The van der Waals surface area contributed by atoms with E-state index in [1.807, 2.05) is 26.0 Å². The standard InChI is InChI=1S/C16H25NO4/c1-5-16(3,19-4)15(18)17-13-7-9-14(10-8-13)21-12-11-20-6-2/h7-10H,5-6,11-12H2,1-4H3,(H,17,18)/t16-/m1/s1. The molecular formula is C16H25NO4. The van der Waals surface area contributed by atoms with Crippen LogP contribution < -0.4 is 10.1 Å². The maximum Gasteiger partial charge on any atom is 0.256 e. The summed E-state index contributed by atoms with van der Waals surface area (Å²) in [5, 5.41) is 2.84. The Kier molecular flexibility index (Phi) is 7.19.